The van der Waals surface area contributed by atoms with E-state index in [2.05, 4.69) is 4.74 Å². The lowest BCUT2D eigenvalue weighted by atomic mass is 9.81. The molecule has 0 aromatic rings. The summed E-state index contributed by atoms with van der Waals surface area (Å²) in [6, 6.07) is 0. The van der Waals surface area contributed by atoms with Crippen molar-refractivity contribution in [3.63, 3.8) is 0 Å². The van der Waals surface area contributed by atoms with Gasteiger partial charge in [0, 0.05) is 0 Å². The Kier molecular flexibility index (Phi) is 2.66. The molecule has 0 radical (unpaired) electrons. The Labute approximate surface area is 97.0 Å². The topological polar surface area (TPSA) is 69.7 Å². The minimum Gasteiger partial charge on any atom is -0.446 e. The molecule has 1 heterocycles. The normalized spacial score (nSPS) is 32.6. The fourth-order valence-corrected chi connectivity index (χ4v) is 2.54. The fraction of sp³-hybridized carbons (Fsp3) is 0.700. The van der Waals surface area contributed by atoms with Crippen LogP contribution in [0.5, 0.6) is 0 Å². The highest BCUT2D eigenvalue weighted by Gasteiger charge is 2.66. The minimum atomic E-state index is -2.26. The first-order valence-electron chi connectivity index (χ1n) is 5.14. The summed E-state index contributed by atoms with van der Waals surface area (Å²) in [5.41, 5.74) is -1.17. The molecular weight excluding hydrogens is 236 g/mol. The summed E-state index contributed by atoms with van der Waals surface area (Å²) in [4.78, 5) is 33.8. The molecule has 1 aliphatic carbocycles. The number of hydrogen-bond acceptors (Lipinski definition) is 5. The fourth-order valence-electron chi connectivity index (χ4n) is 2.30. The molecule has 1 saturated carbocycles. The first-order valence-corrected chi connectivity index (χ1v) is 5.52. The molecule has 2 rings (SSSR count). The van der Waals surface area contributed by atoms with Gasteiger partial charge in [0.1, 0.15) is 0 Å². The number of hydrogen-bond donors (Lipinski definition) is 0. The van der Waals surface area contributed by atoms with Gasteiger partial charge in [0.15, 0.2) is 5.60 Å². The molecule has 0 bridgehead atoms. The Morgan fingerprint density at radius 3 is 2.44 bits per heavy atom. The molecule has 1 aliphatic heterocycles. The monoisotopic (exact) mass is 246 g/mol. The van der Waals surface area contributed by atoms with Gasteiger partial charge < -0.3 is 9.47 Å². The van der Waals surface area contributed by atoms with Crippen molar-refractivity contribution in [1.82, 2.24) is 0 Å². The maximum absolute atomic E-state index is 12.0. The average molecular weight is 247 g/mol. The third-order valence-corrected chi connectivity index (χ3v) is 3.54. The van der Waals surface area contributed by atoms with Crippen LogP contribution in [0.1, 0.15) is 32.1 Å². The predicted octanol–water partition coefficient (Wildman–Crippen LogP) is 0.923. The van der Waals surface area contributed by atoms with E-state index in [1.165, 1.54) is 0 Å². The number of halogens is 1. The third-order valence-electron chi connectivity index (χ3n) is 3.13. The van der Waals surface area contributed by atoms with E-state index in [1.807, 2.05) is 0 Å². The van der Waals surface area contributed by atoms with Gasteiger partial charge >= 0.3 is 11.0 Å². The van der Waals surface area contributed by atoms with Gasteiger partial charge in [-0.1, -0.05) is 18.0 Å². The zero-order valence-corrected chi connectivity index (χ0v) is 9.29. The lowest BCUT2D eigenvalue weighted by Gasteiger charge is -2.29. The molecule has 1 atom stereocenters. The molecule has 6 heteroatoms. The zero-order valence-electron chi connectivity index (χ0n) is 8.53. The van der Waals surface area contributed by atoms with E-state index >= 15 is 0 Å². The van der Waals surface area contributed by atoms with Crippen molar-refractivity contribution >= 4 is 29.8 Å². The number of alkyl halides is 1. The highest BCUT2D eigenvalue weighted by Crippen LogP contribution is 2.44. The molecule has 0 aromatic heterocycles. The number of ether oxygens (including phenoxy) is 2. The van der Waals surface area contributed by atoms with Crippen LogP contribution in [0.2, 0.25) is 0 Å². The summed E-state index contributed by atoms with van der Waals surface area (Å²) < 4.78 is 9.47. The van der Waals surface area contributed by atoms with Crippen LogP contribution in [0.15, 0.2) is 0 Å². The highest BCUT2D eigenvalue weighted by molar-refractivity contribution is 6.47. The maximum Gasteiger partial charge on any atom is 0.376 e. The molecule has 1 unspecified atom stereocenters. The second-order valence-electron chi connectivity index (χ2n) is 4.08. The quantitative estimate of drug-likeness (QED) is 0.314. The molecule has 0 amide bonds. The Balaban J connectivity index is 2.30. The summed E-state index contributed by atoms with van der Waals surface area (Å²) in [6.45, 7) is -0.00595. The van der Waals surface area contributed by atoms with Crippen LogP contribution < -0.4 is 0 Å². The van der Waals surface area contributed by atoms with Crippen molar-refractivity contribution in [3.05, 3.63) is 0 Å². The largest absolute Gasteiger partial charge is 0.446 e. The van der Waals surface area contributed by atoms with E-state index in [-0.39, 0.29) is 6.47 Å². The Bertz CT molecular complexity index is 347. The van der Waals surface area contributed by atoms with Crippen LogP contribution in [0.4, 0.5) is 0 Å². The third kappa shape index (κ3) is 1.42. The maximum atomic E-state index is 12.0. The van der Waals surface area contributed by atoms with Crippen LogP contribution in [-0.4, -0.2) is 28.9 Å². The number of ketones is 1. The summed E-state index contributed by atoms with van der Waals surface area (Å²) in [5.74, 6) is -1.62. The molecule has 1 spiro atoms. The lowest BCUT2D eigenvalue weighted by Crippen LogP contribution is -2.45. The summed E-state index contributed by atoms with van der Waals surface area (Å²) in [6.07, 6.45) is 3.50. The van der Waals surface area contributed by atoms with Crippen LogP contribution in [-0.2, 0) is 23.9 Å². The Hall–Kier alpha value is -1.10. The van der Waals surface area contributed by atoms with Crippen molar-refractivity contribution in [1.29, 1.82) is 0 Å². The van der Waals surface area contributed by atoms with Crippen molar-refractivity contribution < 1.29 is 23.9 Å². The Morgan fingerprint density at radius 1 is 1.25 bits per heavy atom. The van der Waals surface area contributed by atoms with Gasteiger partial charge in [-0.2, -0.15) is 0 Å². The number of carbonyl (C=O) groups excluding carboxylic acids is 3. The SMILES string of the molecule is O=COC1(Cl)C(=O)OC2(CCCCC2)C1=O. The smallest absolute Gasteiger partial charge is 0.376 e. The first kappa shape index (κ1) is 11.4. The Morgan fingerprint density at radius 2 is 1.88 bits per heavy atom. The van der Waals surface area contributed by atoms with E-state index in [4.69, 9.17) is 16.3 Å². The van der Waals surface area contributed by atoms with E-state index in [9.17, 15) is 14.4 Å². The summed E-state index contributed by atoms with van der Waals surface area (Å²) in [7, 11) is 0. The van der Waals surface area contributed by atoms with E-state index < -0.39 is 22.4 Å². The molecule has 1 saturated heterocycles. The van der Waals surface area contributed by atoms with Gasteiger partial charge in [0.05, 0.1) is 0 Å². The molecular formula is C10H11ClO5. The van der Waals surface area contributed by atoms with E-state index in [0.29, 0.717) is 12.8 Å². The molecule has 0 N–H and O–H groups in total. The molecule has 2 fully saturated rings. The van der Waals surface area contributed by atoms with E-state index in [1.54, 1.807) is 0 Å². The number of esters is 1. The zero-order chi connectivity index (χ0) is 11.8. The second kappa shape index (κ2) is 3.73. The van der Waals surface area contributed by atoms with Crippen molar-refractivity contribution in [2.45, 2.75) is 42.8 Å². The molecule has 5 nitrogen and oxygen atoms in total. The number of carbonyl (C=O) groups is 3. The van der Waals surface area contributed by atoms with Gasteiger partial charge in [0.25, 0.3) is 6.47 Å². The summed E-state index contributed by atoms with van der Waals surface area (Å²) >= 11 is 5.72. The number of Topliss-reactive ketones (excluding diaryl/α,β-unsaturated/α-hetero) is 1. The lowest BCUT2D eigenvalue weighted by molar-refractivity contribution is -0.161. The van der Waals surface area contributed by atoms with Gasteiger partial charge in [-0.25, -0.2) is 4.79 Å². The number of rotatable bonds is 2. The van der Waals surface area contributed by atoms with Gasteiger partial charge in [-0.3, -0.25) is 9.59 Å². The van der Waals surface area contributed by atoms with Crippen molar-refractivity contribution in [2.24, 2.45) is 0 Å². The van der Waals surface area contributed by atoms with Gasteiger partial charge in [-0.05, 0) is 25.7 Å². The van der Waals surface area contributed by atoms with Crippen molar-refractivity contribution in [3.8, 4) is 0 Å². The predicted molar refractivity (Wildman–Crippen MR) is 52.6 cm³/mol. The van der Waals surface area contributed by atoms with Crippen LogP contribution in [0.3, 0.4) is 0 Å². The van der Waals surface area contributed by atoms with Crippen LogP contribution >= 0.6 is 11.6 Å². The van der Waals surface area contributed by atoms with Crippen LogP contribution in [0.25, 0.3) is 0 Å². The standard InChI is InChI=1S/C10H11ClO5/c11-10(15-6-12)7(13)9(16-8(10)14)4-2-1-3-5-9/h6H,1-5H2. The van der Waals surface area contributed by atoms with Crippen molar-refractivity contribution in [2.75, 3.05) is 0 Å². The van der Waals surface area contributed by atoms with Gasteiger partial charge in [-0.15, -0.1) is 0 Å². The molecule has 88 valence electrons. The second-order valence-corrected chi connectivity index (χ2v) is 4.62. The summed E-state index contributed by atoms with van der Waals surface area (Å²) in [5, 5.41) is -2.26. The highest BCUT2D eigenvalue weighted by atomic mass is 35.5. The van der Waals surface area contributed by atoms with E-state index in [0.717, 1.165) is 19.3 Å². The molecule has 0 aromatic carbocycles. The minimum absolute atomic E-state index is 0.00595. The van der Waals surface area contributed by atoms with Gasteiger partial charge in [0.2, 0.25) is 5.78 Å². The molecule has 16 heavy (non-hydrogen) atoms. The average Bonchev–Trinajstić information content (AvgIpc) is 2.44. The molecule has 2 aliphatic rings. The van der Waals surface area contributed by atoms with Crippen LogP contribution in [0, 0.1) is 0 Å². The first-order chi connectivity index (χ1) is 7.55.